The Morgan fingerprint density at radius 1 is 1.00 bits per heavy atom. The van der Waals surface area contributed by atoms with Crippen molar-refractivity contribution in [1.29, 1.82) is 0 Å². The van der Waals surface area contributed by atoms with E-state index in [1.165, 1.54) is 0 Å². The van der Waals surface area contributed by atoms with Crippen LogP contribution in [0, 0.1) is 0 Å². The van der Waals surface area contributed by atoms with E-state index in [0.717, 1.165) is 0 Å². The zero-order chi connectivity index (χ0) is 0. The molecule has 1 nitrogen and oxygen atoms in total. The summed E-state index contributed by atoms with van der Waals surface area (Å²) in [7, 11) is 0. The summed E-state index contributed by atoms with van der Waals surface area (Å²) in [6.07, 6.45) is 0. The van der Waals surface area contributed by atoms with Crippen molar-refractivity contribution in [2.45, 2.75) is 7.43 Å². The molecular formula is CH6MgOSi. The van der Waals surface area contributed by atoms with Crippen LogP contribution in [0.3, 0.4) is 0 Å². The van der Waals surface area contributed by atoms with Crippen LogP contribution >= 0.6 is 0 Å². The molecule has 0 aromatic heterocycles. The van der Waals surface area contributed by atoms with Gasteiger partial charge in [-0.3, -0.25) is 0 Å². The van der Waals surface area contributed by atoms with Crippen LogP contribution in [0.15, 0.2) is 0 Å². The van der Waals surface area contributed by atoms with E-state index in [1.54, 1.807) is 0 Å². The number of hydrogen-bond donors (Lipinski definition) is 0. The van der Waals surface area contributed by atoms with E-state index in [-0.39, 0.29) is 46.9 Å². The van der Waals surface area contributed by atoms with Gasteiger partial charge in [-0.25, -0.2) is 0 Å². The normalized spacial score (nSPS) is 0. The van der Waals surface area contributed by atoms with Gasteiger partial charge in [0.05, 0.1) is 0 Å². The van der Waals surface area contributed by atoms with E-state index in [0.29, 0.717) is 0 Å². The molecule has 0 aromatic rings. The quantitative estimate of drug-likeness (QED) is 0.341. The molecule has 0 aliphatic heterocycles. The van der Waals surface area contributed by atoms with Gasteiger partial charge < -0.3 is 5.48 Å². The SMILES string of the molecule is C.O.[Mg].[Si]. The molecule has 0 aliphatic rings. The van der Waals surface area contributed by atoms with Crippen molar-refractivity contribution in [2.75, 3.05) is 0 Å². The smallest absolute Gasteiger partial charge is 0 e. The van der Waals surface area contributed by atoms with Gasteiger partial charge in [0.2, 0.25) is 0 Å². The van der Waals surface area contributed by atoms with Gasteiger partial charge in [-0.15, -0.1) is 0 Å². The van der Waals surface area contributed by atoms with Crippen LogP contribution in [0.4, 0.5) is 0 Å². The molecule has 0 atom stereocenters. The second kappa shape index (κ2) is 38.4. The van der Waals surface area contributed by atoms with Crippen molar-refractivity contribution in [3.05, 3.63) is 0 Å². The molecule has 22 valence electrons. The van der Waals surface area contributed by atoms with E-state index in [9.17, 15) is 0 Å². The Bertz CT molecular complexity index is 8.00. The monoisotopic (exact) mass is 86.0 g/mol. The molecule has 0 rings (SSSR count). The molecule has 0 saturated heterocycles. The average Bonchev–Trinajstić information content (AvgIpc) is 0. The maximum Gasteiger partial charge on any atom is 0 e. The van der Waals surface area contributed by atoms with Crippen molar-refractivity contribution < 1.29 is 5.48 Å². The lowest BCUT2D eigenvalue weighted by atomic mass is 12.0. The van der Waals surface area contributed by atoms with Gasteiger partial charge >= 0.3 is 0 Å². The van der Waals surface area contributed by atoms with E-state index in [1.807, 2.05) is 0 Å². The Morgan fingerprint density at radius 3 is 1.00 bits per heavy atom. The molecule has 0 amide bonds. The van der Waals surface area contributed by atoms with Crippen molar-refractivity contribution in [3.8, 4) is 0 Å². The molecule has 0 unspecified atom stereocenters. The highest BCUT2D eigenvalue weighted by Gasteiger charge is 0.00103. The Kier molecular flexibility index (Phi) is 829. The van der Waals surface area contributed by atoms with Crippen molar-refractivity contribution >= 4 is 34.0 Å². The largest absolute Gasteiger partial charge is 0.412 e. The van der Waals surface area contributed by atoms with Crippen LogP contribution in [-0.2, 0) is 0 Å². The van der Waals surface area contributed by atoms with Crippen LogP contribution in [0.1, 0.15) is 7.43 Å². The summed E-state index contributed by atoms with van der Waals surface area (Å²) >= 11 is 0. The zero-order valence-corrected chi connectivity index (χ0v) is 4.12. The Hall–Kier alpha value is 0.943. The summed E-state index contributed by atoms with van der Waals surface area (Å²) < 4.78 is 0. The fourth-order valence-corrected chi connectivity index (χ4v) is 0. The van der Waals surface area contributed by atoms with E-state index in [2.05, 4.69) is 0 Å². The predicted octanol–water partition coefficient (Wildman–Crippen LogP) is -0.950. The predicted molar refractivity (Wildman–Crippen MR) is 21.9 cm³/mol. The van der Waals surface area contributed by atoms with Crippen LogP contribution in [0.5, 0.6) is 0 Å². The maximum atomic E-state index is 0. The first-order valence-electron chi connectivity index (χ1n) is 0. The summed E-state index contributed by atoms with van der Waals surface area (Å²) in [6.45, 7) is 0. The molecule has 0 fully saturated rings. The highest BCUT2D eigenvalue weighted by Crippen LogP contribution is 0.144. The highest BCUT2D eigenvalue weighted by molar-refractivity contribution is 5.76. The molecule has 3 heteroatoms. The average molecular weight is 86.4 g/mol. The minimum absolute atomic E-state index is 0. The molecule has 0 bridgehead atoms. The van der Waals surface area contributed by atoms with Crippen LogP contribution < -0.4 is 0 Å². The topological polar surface area (TPSA) is 31.5 Å². The molecule has 4 heavy (non-hydrogen) atoms. The van der Waals surface area contributed by atoms with Gasteiger partial charge in [0.25, 0.3) is 0 Å². The van der Waals surface area contributed by atoms with Crippen molar-refractivity contribution in [3.63, 3.8) is 0 Å². The van der Waals surface area contributed by atoms with Gasteiger partial charge in [0, 0.05) is 34.0 Å². The zero-order valence-electron chi connectivity index (χ0n) is 1.71. The van der Waals surface area contributed by atoms with Gasteiger partial charge in [-0.1, -0.05) is 7.43 Å². The molecule has 0 heterocycles. The molecule has 0 spiro atoms. The lowest BCUT2D eigenvalue weighted by molar-refractivity contribution is 0.824. The molecule has 0 aromatic carbocycles. The van der Waals surface area contributed by atoms with Crippen molar-refractivity contribution in [1.82, 2.24) is 0 Å². The van der Waals surface area contributed by atoms with Gasteiger partial charge in [-0.05, 0) is 0 Å². The molecule has 0 saturated carbocycles. The first-order chi connectivity index (χ1) is 0. The Labute approximate surface area is 47.3 Å². The lowest BCUT2D eigenvalue weighted by Crippen LogP contribution is -0.382. The first kappa shape index (κ1) is 86.4. The van der Waals surface area contributed by atoms with Crippen LogP contribution in [0.2, 0.25) is 0 Å². The second-order valence-corrected chi connectivity index (χ2v) is 0. The lowest BCUT2D eigenvalue weighted by Gasteiger charge is -0.412. The third-order valence-electron chi connectivity index (χ3n) is 0. The van der Waals surface area contributed by atoms with E-state index >= 15 is 0 Å². The van der Waals surface area contributed by atoms with Crippen LogP contribution in [-0.4, -0.2) is 39.5 Å². The summed E-state index contributed by atoms with van der Waals surface area (Å²) in [4.78, 5) is 0. The molecular weight excluding hydrogens is 80.4 g/mol. The minimum Gasteiger partial charge on any atom is -0.412 e. The molecule has 0 aliphatic carbocycles. The number of hydrogen-bond acceptors (Lipinski definition) is 0. The first-order valence-corrected chi connectivity index (χ1v) is 0. The van der Waals surface area contributed by atoms with Crippen molar-refractivity contribution in [2.24, 2.45) is 0 Å². The summed E-state index contributed by atoms with van der Waals surface area (Å²) in [5, 5.41) is 0. The fraction of sp³-hybridized carbons (Fsp3) is 1.00. The molecule has 6 radical (unpaired) electrons. The van der Waals surface area contributed by atoms with Gasteiger partial charge in [0.15, 0.2) is 0 Å². The van der Waals surface area contributed by atoms with E-state index in [4.69, 9.17) is 0 Å². The maximum absolute atomic E-state index is 0. The molecule has 2 N–H and O–H groups in total. The summed E-state index contributed by atoms with van der Waals surface area (Å²) in [5.41, 5.74) is 0. The van der Waals surface area contributed by atoms with Gasteiger partial charge in [0.1, 0.15) is 0 Å². The van der Waals surface area contributed by atoms with Gasteiger partial charge in [-0.2, -0.15) is 0 Å². The third kappa shape index (κ3) is 12.5. The second-order valence-electron chi connectivity index (χ2n) is 0. The standard InChI is InChI=1S/CH4.Mg.H2O.Si/h1H4;;1H2;. The third-order valence-corrected chi connectivity index (χ3v) is 0. The highest BCUT2D eigenvalue weighted by atomic mass is 28.1. The number of rotatable bonds is 0. The fourth-order valence-electron chi connectivity index (χ4n) is 0. The van der Waals surface area contributed by atoms with E-state index < -0.39 is 0 Å². The summed E-state index contributed by atoms with van der Waals surface area (Å²) in [5.74, 6) is 0. The van der Waals surface area contributed by atoms with Crippen LogP contribution in [0.25, 0.3) is 0 Å². The minimum atomic E-state index is 0. The Balaban J connectivity index is 0. The Morgan fingerprint density at radius 2 is 1.00 bits per heavy atom. The summed E-state index contributed by atoms with van der Waals surface area (Å²) in [6, 6.07) is 0.